The Labute approximate surface area is 113 Å². The molecule has 0 saturated heterocycles. The highest BCUT2D eigenvalue weighted by Gasteiger charge is 2.19. The molecule has 0 saturated carbocycles. The SMILES string of the molecule is CC(Cc1cccs1)N(C)c1nc(F)c(F)cc1F. The Morgan fingerprint density at radius 1 is 1.32 bits per heavy atom. The summed E-state index contributed by atoms with van der Waals surface area (Å²) >= 11 is 1.60. The molecule has 0 N–H and O–H groups in total. The second kappa shape index (κ2) is 5.61. The van der Waals surface area contributed by atoms with Crippen LogP contribution in [0.2, 0.25) is 0 Å². The molecule has 0 aliphatic heterocycles. The van der Waals surface area contributed by atoms with Crippen molar-refractivity contribution in [3.05, 3.63) is 46.0 Å². The third-order valence-corrected chi connectivity index (χ3v) is 3.84. The molecule has 0 fully saturated rings. The Morgan fingerprint density at radius 3 is 2.68 bits per heavy atom. The smallest absolute Gasteiger partial charge is 0.251 e. The van der Waals surface area contributed by atoms with Gasteiger partial charge in [-0.2, -0.15) is 9.37 Å². The maximum Gasteiger partial charge on any atom is 0.251 e. The highest BCUT2D eigenvalue weighted by Crippen LogP contribution is 2.22. The Morgan fingerprint density at radius 2 is 2.05 bits per heavy atom. The van der Waals surface area contributed by atoms with Gasteiger partial charge in [0.2, 0.25) is 0 Å². The first kappa shape index (κ1) is 13.9. The van der Waals surface area contributed by atoms with Gasteiger partial charge in [-0.3, -0.25) is 0 Å². The molecule has 2 aromatic heterocycles. The van der Waals surface area contributed by atoms with E-state index in [1.807, 2.05) is 24.4 Å². The van der Waals surface area contributed by atoms with Gasteiger partial charge in [0.05, 0.1) is 0 Å². The highest BCUT2D eigenvalue weighted by molar-refractivity contribution is 7.09. The van der Waals surface area contributed by atoms with Crippen LogP contribution in [-0.4, -0.2) is 18.1 Å². The van der Waals surface area contributed by atoms with Crippen molar-refractivity contribution in [3.63, 3.8) is 0 Å². The van der Waals surface area contributed by atoms with E-state index < -0.39 is 17.6 Å². The van der Waals surface area contributed by atoms with Gasteiger partial charge in [-0.15, -0.1) is 11.3 Å². The van der Waals surface area contributed by atoms with Crippen LogP contribution >= 0.6 is 11.3 Å². The quantitative estimate of drug-likeness (QED) is 0.798. The molecule has 2 aromatic rings. The second-order valence-electron chi connectivity index (χ2n) is 4.31. The van der Waals surface area contributed by atoms with Crippen LogP contribution in [-0.2, 0) is 6.42 Å². The zero-order valence-corrected chi connectivity index (χ0v) is 11.3. The van der Waals surface area contributed by atoms with Gasteiger partial charge in [-0.25, -0.2) is 8.78 Å². The lowest BCUT2D eigenvalue weighted by molar-refractivity contribution is 0.461. The summed E-state index contributed by atoms with van der Waals surface area (Å²) in [6, 6.07) is 4.35. The third kappa shape index (κ3) is 3.07. The number of hydrogen-bond acceptors (Lipinski definition) is 3. The number of thiophene rings is 1. The van der Waals surface area contributed by atoms with Crippen molar-refractivity contribution in [3.8, 4) is 0 Å². The second-order valence-corrected chi connectivity index (χ2v) is 5.34. The van der Waals surface area contributed by atoms with E-state index in [0.29, 0.717) is 12.5 Å². The number of aromatic nitrogens is 1. The molecule has 102 valence electrons. The first-order chi connectivity index (χ1) is 8.99. The van der Waals surface area contributed by atoms with Gasteiger partial charge in [0.15, 0.2) is 17.5 Å². The zero-order valence-electron chi connectivity index (χ0n) is 10.5. The normalized spacial score (nSPS) is 12.5. The van der Waals surface area contributed by atoms with E-state index in [2.05, 4.69) is 4.98 Å². The molecule has 0 radical (unpaired) electrons. The number of halogens is 3. The van der Waals surface area contributed by atoms with Crippen LogP contribution in [0.4, 0.5) is 19.0 Å². The molecule has 6 heteroatoms. The molecule has 0 spiro atoms. The summed E-state index contributed by atoms with van der Waals surface area (Å²) in [5.41, 5.74) is 0. The molecule has 19 heavy (non-hydrogen) atoms. The average molecular weight is 286 g/mol. The lowest BCUT2D eigenvalue weighted by atomic mass is 10.2. The van der Waals surface area contributed by atoms with Crippen molar-refractivity contribution in [2.45, 2.75) is 19.4 Å². The molecule has 1 atom stereocenters. The summed E-state index contributed by atoms with van der Waals surface area (Å²) in [4.78, 5) is 5.99. The summed E-state index contributed by atoms with van der Waals surface area (Å²) < 4.78 is 39.5. The van der Waals surface area contributed by atoms with E-state index >= 15 is 0 Å². The number of hydrogen-bond donors (Lipinski definition) is 0. The molecule has 2 rings (SSSR count). The first-order valence-electron chi connectivity index (χ1n) is 5.75. The van der Waals surface area contributed by atoms with E-state index in [1.54, 1.807) is 18.4 Å². The van der Waals surface area contributed by atoms with Crippen LogP contribution in [0.15, 0.2) is 23.6 Å². The topological polar surface area (TPSA) is 16.1 Å². The highest BCUT2D eigenvalue weighted by atomic mass is 32.1. The molecule has 2 heterocycles. The minimum Gasteiger partial charge on any atom is -0.354 e. The Kier molecular flexibility index (Phi) is 4.09. The predicted molar refractivity (Wildman–Crippen MR) is 70.0 cm³/mol. The molecule has 0 amide bonds. The Balaban J connectivity index is 2.19. The molecule has 2 nitrogen and oxygen atoms in total. The van der Waals surface area contributed by atoms with Gasteiger partial charge in [0, 0.05) is 30.5 Å². The number of rotatable bonds is 4. The van der Waals surface area contributed by atoms with Gasteiger partial charge in [0.25, 0.3) is 5.95 Å². The van der Waals surface area contributed by atoms with Gasteiger partial charge in [-0.1, -0.05) is 6.07 Å². The van der Waals surface area contributed by atoms with Crippen LogP contribution in [0.5, 0.6) is 0 Å². The van der Waals surface area contributed by atoms with Crippen LogP contribution in [0.25, 0.3) is 0 Å². The van der Waals surface area contributed by atoms with E-state index in [1.165, 1.54) is 4.90 Å². The van der Waals surface area contributed by atoms with Crippen molar-refractivity contribution >= 4 is 17.2 Å². The first-order valence-corrected chi connectivity index (χ1v) is 6.63. The fraction of sp³-hybridized carbons (Fsp3) is 0.308. The summed E-state index contributed by atoms with van der Waals surface area (Å²) in [5, 5.41) is 1.96. The van der Waals surface area contributed by atoms with E-state index in [0.717, 1.165) is 4.88 Å². The lowest BCUT2D eigenvalue weighted by Crippen LogP contribution is -2.32. The number of pyridine rings is 1. The van der Waals surface area contributed by atoms with Crippen molar-refractivity contribution in [2.75, 3.05) is 11.9 Å². The van der Waals surface area contributed by atoms with E-state index in [-0.39, 0.29) is 11.9 Å². The standard InChI is InChI=1S/C13H13F3N2S/c1-8(6-9-4-3-5-19-9)18(2)13-11(15)7-10(14)12(16)17-13/h3-5,7-8H,6H2,1-2H3. The average Bonchev–Trinajstić information content (AvgIpc) is 2.85. The fourth-order valence-electron chi connectivity index (χ4n) is 1.75. The predicted octanol–water partition coefficient (Wildman–Crippen LogP) is 3.63. The Hall–Kier alpha value is -1.56. The summed E-state index contributed by atoms with van der Waals surface area (Å²) in [7, 11) is 1.61. The molecule has 0 bridgehead atoms. The lowest BCUT2D eigenvalue weighted by Gasteiger charge is -2.26. The summed E-state index contributed by atoms with van der Waals surface area (Å²) in [6.07, 6.45) is 0.689. The molecular weight excluding hydrogens is 273 g/mol. The minimum absolute atomic E-state index is 0.0782. The maximum atomic E-state index is 13.6. The molecule has 0 aliphatic rings. The zero-order chi connectivity index (χ0) is 14.0. The van der Waals surface area contributed by atoms with E-state index in [4.69, 9.17) is 0 Å². The molecule has 0 aromatic carbocycles. The van der Waals surface area contributed by atoms with Crippen molar-refractivity contribution < 1.29 is 13.2 Å². The maximum absolute atomic E-state index is 13.6. The largest absolute Gasteiger partial charge is 0.354 e. The van der Waals surface area contributed by atoms with Crippen LogP contribution in [0.3, 0.4) is 0 Å². The molecular formula is C13H13F3N2S. The van der Waals surface area contributed by atoms with Gasteiger partial charge in [0.1, 0.15) is 0 Å². The van der Waals surface area contributed by atoms with Gasteiger partial charge >= 0.3 is 0 Å². The monoisotopic (exact) mass is 286 g/mol. The summed E-state index contributed by atoms with van der Waals surface area (Å²) in [5.74, 6) is -3.60. The van der Waals surface area contributed by atoms with Gasteiger partial charge in [-0.05, 0) is 18.4 Å². The Bertz CT molecular complexity index is 557. The van der Waals surface area contributed by atoms with Crippen molar-refractivity contribution in [2.24, 2.45) is 0 Å². The summed E-state index contributed by atoms with van der Waals surface area (Å²) in [6.45, 7) is 1.88. The number of anilines is 1. The fourth-order valence-corrected chi connectivity index (χ4v) is 2.57. The number of likely N-dealkylation sites (N-methyl/N-ethyl adjacent to an activating group) is 1. The van der Waals surface area contributed by atoms with Crippen molar-refractivity contribution in [1.82, 2.24) is 4.98 Å². The molecule has 0 aliphatic carbocycles. The van der Waals surface area contributed by atoms with Crippen molar-refractivity contribution in [1.29, 1.82) is 0 Å². The number of nitrogens with zero attached hydrogens (tertiary/aromatic N) is 2. The third-order valence-electron chi connectivity index (χ3n) is 2.94. The van der Waals surface area contributed by atoms with Crippen LogP contribution in [0, 0.1) is 17.6 Å². The van der Waals surface area contributed by atoms with Crippen LogP contribution < -0.4 is 4.90 Å². The minimum atomic E-state index is -1.29. The van der Waals surface area contributed by atoms with E-state index in [9.17, 15) is 13.2 Å². The van der Waals surface area contributed by atoms with Gasteiger partial charge < -0.3 is 4.90 Å². The molecule has 1 unspecified atom stereocenters. The van der Waals surface area contributed by atoms with Crippen LogP contribution in [0.1, 0.15) is 11.8 Å².